The molecule has 11 bridgehead atoms. The Bertz CT molecular complexity index is 5280. The Morgan fingerprint density at radius 2 is 1.43 bits per heavy atom. The minimum atomic E-state index is -3.50. The maximum absolute atomic E-state index is 16.5. The number of nitrogens with two attached hydrogens (primary N) is 1. The number of fused-ring (bicyclic) bond motifs is 15. The van der Waals surface area contributed by atoms with E-state index in [1.807, 2.05) is 13.8 Å². The Morgan fingerprint density at radius 3 is 2.07 bits per heavy atom. The predicted octanol–water partition coefficient (Wildman–Crippen LogP) is 5.69. The van der Waals surface area contributed by atoms with Gasteiger partial charge in [0.2, 0.25) is 41.6 Å². The number of hydrazine groups is 1. The van der Waals surface area contributed by atoms with Gasteiger partial charge in [-0.1, -0.05) is 74.3 Å². The Balaban J connectivity index is 1.01. The van der Waals surface area contributed by atoms with Crippen LogP contribution in [0.3, 0.4) is 0 Å². The van der Waals surface area contributed by atoms with Crippen molar-refractivity contribution in [3.05, 3.63) is 176 Å². The number of carbonyl (C=O) groups excluding carboxylic acids is 9. The molecule has 6 amide bonds. The van der Waals surface area contributed by atoms with Gasteiger partial charge in [-0.25, -0.2) is 5.43 Å². The van der Waals surface area contributed by atoms with Crippen molar-refractivity contribution < 1.29 is 136 Å². The van der Waals surface area contributed by atoms with Crippen LogP contribution in [0.4, 0.5) is 8.78 Å². The van der Waals surface area contributed by atoms with Crippen LogP contribution in [0, 0.1) is 17.8 Å². The van der Waals surface area contributed by atoms with Gasteiger partial charge in [0, 0.05) is 98.7 Å². The molecule has 39 heteroatoms. The van der Waals surface area contributed by atoms with E-state index < -0.39 is 268 Å². The number of ether oxygens (including phenoxy) is 7. The zero-order valence-corrected chi connectivity index (χ0v) is 70.3. The smallest absolute Gasteiger partial charge is 0.394 e. The third kappa shape index (κ3) is 21.7. The van der Waals surface area contributed by atoms with E-state index >= 15 is 24.0 Å². The number of rotatable bonds is 24. The fourth-order valence-electron chi connectivity index (χ4n) is 15.9. The third-order valence-electron chi connectivity index (χ3n) is 22.4. The number of hydrogen-bond donors (Lipinski definition) is 18. The summed E-state index contributed by atoms with van der Waals surface area (Å²) in [7, 11) is 0. The summed E-state index contributed by atoms with van der Waals surface area (Å²) in [6, 6.07) is 13.0. The standard InChI is InChI=1S/C87H97Cl2F2N9O26/c1-7-42(19-38(2)3)80(115)98-71-59(107)26-47(29-66(92)109)81(116)96-69-46-27-63(121-61-15-12-44(73(71)110)24-54(61)88)77(125-85-78(76(113)75(112)65(37-102)123-85)124-67-33-86(5,79(114)39(4)120-67)94-35-41-20-48(36-93-34-41)57(105)22-40-9-8-10-50(21-40)126-87(6,90)91)64(28-46)122-62-16-13-45(25-55(62)89)74(111)72-83(118)97-70(84(119)100-95-17-18-101)53-30-49(103)31-58(106)68(53)52-23-43(11-14-56(52)104)51(32-60(69)108)82(117)99-72/h8-16,20-21,23-25,27-28,30-31,34,36,38-39,42,47,51,65,67,69-76,78-79,85,94-95,101-104,106,110-114H,7,17-19,22,26,29,32-33,35,37H2,1-6H3,(H2,92,109)(H,96,116)(H,97,118)(H,98,115)(H,99,117)(H,100,119). The number of phenolic OH excluding ortho intramolecular Hbond substituents is 3. The number of nitrogens with zero attached hydrogens (tertiary/aromatic N) is 1. The second-order valence-electron chi connectivity index (χ2n) is 32.4. The number of amides is 6. The molecule has 6 aromatic carbocycles. The maximum Gasteiger partial charge on any atom is 0.394 e. The van der Waals surface area contributed by atoms with Gasteiger partial charge >= 0.3 is 6.11 Å². The Kier molecular flexibility index (Phi) is 29.7. The second-order valence-corrected chi connectivity index (χ2v) is 33.2. The van der Waals surface area contributed by atoms with Crippen molar-refractivity contribution in [3.63, 3.8) is 0 Å². The van der Waals surface area contributed by atoms with Crippen molar-refractivity contribution in [3.8, 4) is 62.9 Å². The first kappa shape index (κ1) is 94.0. The third-order valence-corrected chi connectivity index (χ3v) is 23.0. The van der Waals surface area contributed by atoms with Crippen LogP contribution in [-0.4, -0.2) is 202 Å². The summed E-state index contributed by atoms with van der Waals surface area (Å²) in [5.74, 6) is -19.3. The Hall–Kier alpha value is -11.1. The Labute approximate surface area is 729 Å². The van der Waals surface area contributed by atoms with Gasteiger partial charge in [0.05, 0.1) is 47.3 Å². The van der Waals surface area contributed by atoms with E-state index in [-0.39, 0.29) is 77.0 Å². The number of primary amides is 1. The molecule has 7 aromatic rings. The quantitative estimate of drug-likeness (QED) is 0.0196. The largest absolute Gasteiger partial charge is 0.508 e. The van der Waals surface area contributed by atoms with Crippen molar-refractivity contribution in [2.24, 2.45) is 23.5 Å². The first-order valence-corrected chi connectivity index (χ1v) is 41.2. The van der Waals surface area contributed by atoms with E-state index in [9.17, 15) is 79.0 Å². The molecule has 19 N–H and O–H groups in total. The molecule has 2 saturated heterocycles. The van der Waals surface area contributed by atoms with E-state index in [1.54, 1.807) is 19.9 Å². The number of pyridine rings is 1. The highest BCUT2D eigenvalue weighted by atomic mass is 35.5. The van der Waals surface area contributed by atoms with Crippen molar-refractivity contribution in [1.29, 1.82) is 0 Å². The number of carbonyl (C=O) groups is 9. The van der Waals surface area contributed by atoms with Crippen molar-refractivity contribution >= 4 is 76.0 Å². The molecule has 0 saturated carbocycles. The van der Waals surface area contributed by atoms with Gasteiger partial charge in [-0.2, -0.15) is 8.78 Å². The van der Waals surface area contributed by atoms with Crippen LogP contribution in [0.15, 0.2) is 122 Å². The second kappa shape index (κ2) is 39.8. The highest BCUT2D eigenvalue weighted by Gasteiger charge is 2.53. The molecule has 1 aromatic heterocycles. The average Bonchev–Trinajstić information content (AvgIpc) is 0.769. The number of phenols is 3. The molecule has 14 rings (SSSR count). The number of alkyl halides is 2. The molecular weight excluding hydrogens is 1700 g/mol. The molecule has 18 atom stereocenters. The molecule has 2 fully saturated rings. The zero-order chi connectivity index (χ0) is 91.2. The van der Waals surface area contributed by atoms with Crippen LogP contribution in [0.25, 0.3) is 11.1 Å². The minimum Gasteiger partial charge on any atom is -0.508 e. The molecule has 0 spiro atoms. The Morgan fingerprint density at radius 1 is 0.746 bits per heavy atom. The SMILES string of the molecule is CCC(CC(C)C)C(=O)NC1C(=O)CC(CC(N)=O)C(=O)NC2C(=O)CC3C(=O)NC(C(=O)NC(C(=O)NNCCO)c4cc(O)cc(O)c4-c4cc3ccc4O)C(O)c3ccc(c(Cl)c3)Oc3cc2cc(c3OC2OC(CO)C(O)C(O)C2OC2CC(C)(NCc3cncc(C(=O)Cc4cccc(OC(C)(F)F)c4)c3)C(O)C(C)O2)Oc2ccc(cc2Cl)C1O. The molecule has 35 nitrogen and oxygen atoms in total. The number of nitrogens with one attached hydrogen (secondary N) is 7. The van der Waals surface area contributed by atoms with Crippen LogP contribution in [0.2, 0.25) is 10.0 Å². The van der Waals surface area contributed by atoms with E-state index in [4.69, 9.17) is 62.1 Å². The van der Waals surface area contributed by atoms with Gasteiger partial charge in [-0.15, -0.1) is 0 Å². The maximum atomic E-state index is 16.5. The number of benzene rings is 6. The molecule has 8 heterocycles. The van der Waals surface area contributed by atoms with Gasteiger partial charge in [-0.3, -0.25) is 53.6 Å². The fraction of sp³-hybridized carbons (Fsp3) is 0.425. The van der Waals surface area contributed by atoms with Gasteiger partial charge in [0.1, 0.15) is 89.2 Å². The van der Waals surface area contributed by atoms with Crippen molar-refractivity contribution in [2.45, 2.75) is 196 Å². The first-order chi connectivity index (χ1) is 59.7. The lowest BCUT2D eigenvalue weighted by Gasteiger charge is -2.48. The highest BCUT2D eigenvalue weighted by Crippen LogP contribution is 2.51. The average molecular weight is 1790 g/mol. The number of hydrogen-bond acceptors (Lipinski definition) is 29. The number of aromatic hydroxyl groups is 3. The summed E-state index contributed by atoms with van der Waals surface area (Å²) in [5, 5.41) is 130. The number of aliphatic hydroxyl groups is 7. The topological polar surface area (TPSA) is 544 Å². The molecular formula is C87H97Cl2F2N9O26. The summed E-state index contributed by atoms with van der Waals surface area (Å²) in [6.45, 7) is 7.26. The lowest BCUT2D eigenvalue weighted by atomic mass is 9.84. The molecule has 126 heavy (non-hydrogen) atoms. The van der Waals surface area contributed by atoms with Crippen LogP contribution in [0.5, 0.6) is 51.7 Å². The molecule has 674 valence electrons. The molecule has 0 radical (unpaired) electrons. The monoisotopic (exact) mass is 1790 g/mol. The van der Waals surface area contributed by atoms with Gasteiger partial charge in [-0.05, 0) is 144 Å². The van der Waals surface area contributed by atoms with Gasteiger partial charge in [0.25, 0.3) is 5.91 Å². The lowest BCUT2D eigenvalue weighted by molar-refractivity contribution is -0.334. The van der Waals surface area contributed by atoms with Gasteiger partial charge in [0.15, 0.2) is 41.2 Å². The van der Waals surface area contributed by atoms with E-state index in [2.05, 4.69) is 42.4 Å². The van der Waals surface area contributed by atoms with Crippen molar-refractivity contribution in [1.82, 2.24) is 42.4 Å². The van der Waals surface area contributed by atoms with Crippen LogP contribution in [0.1, 0.15) is 160 Å². The normalized spacial score (nSPS) is 26.1. The van der Waals surface area contributed by atoms with Crippen LogP contribution in [-0.2, 0) is 65.5 Å². The number of aliphatic hydroxyl groups excluding tert-OH is 7. The number of Topliss-reactive ketones (excluding diaryl/α,β-unsaturated/α-hetero) is 3. The molecule has 7 aliphatic heterocycles. The first-order valence-electron chi connectivity index (χ1n) is 40.4. The summed E-state index contributed by atoms with van der Waals surface area (Å²) >= 11 is 14.4. The van der Waals surface area contributed by atoms with E-state index in [0.29, 0.717) is 24.5 Å². The van der Waals surface area contributed by atoms with E-state index in [0.717, 1.165) is 54.6 Å². The van der Waals surface area contributed by atoms with Crippen molar-refractivity contribution in [2.75, 3.05) is 19.8 Å². The number of aromatic nitrogens is 1. The van der Waals surface area contributed by atoms with Crippen LogP contribution >= 0.6 is 23.2 Å². The van der Waals surface area contributed by atoms with E-state index in [1.165, 1.54) is 67.8 Å². The summed E-state index contributed by atoms with van der Waals surface area (Å²) in [6.07, 6.45) is -22.0. The molecule has 7 aliphatic rings. The lowest BCUT2D eigenvalue weighted by Crippen LogP contribution is -2.65. The predicted molar refractivity (Wildman–Crippen MR) is 441 cm³/mol. The number of ketones is 3. The van der Waals surface area contributed by atoms with Crippen LogP contribution < -0.4 is 62.1 Å². The minimum absolute atomic E-state index is 0.0460. The summed E-state index contributed by atoms with van der Waals surface area (Å²) in [4.78, 5) is 139. The molecule has 0 aliphatic carbocycles. The number of halogens is 4. The fourth-order valence-corrected chi connectivity index (χ4v) is 16.4. The zero-order valence-electron chi connectivity index (χ0n) is 68.8. The summed E-state index contributed by atoms with van der Waals surface area (Å²) < 4.78 is 71.9. The van der Waals surface area contributed by atoms with Gasteiger partial charge < -0.3 is 117 Å². The summed E-state index contributed by atoms with van der Waals surface area (Å²) in [5.41, 5.74) is 7.81. The highest BCUT2D eigenvalue weighted by molar-refractivity contribution is 6.32. The molecule has 18 unspecified atom stereocenters.